The summed E-state index contributed by atoms with van der Waals surface area (Å²) in [6, 6.07) is 35.6. The highest BCUT2D eigenvalue weighted by molar-refractivity contribution is 9.10. The normalized spacial score (nSPS) is 14.9. The molecule has 6 heteroatoms. The van der Waals surface area contributed by atoms with E-state index in [1.54, 1.807) is 5.01 Å². The average Bonchev–Trinajstić information content (AvgIpc) is 3.60. The van der Waals surface area contributed by atoms with E-state index in [2.05, 4.69) is 28.1 Å². The number of carbonyl (C=O) groups is 1. The van der Waals surface area contributed by atoms with Gasteiger partial charge in [-0.05, 0) is 48.9 Å². The van der Waals surface area contributed by atoms with Gasteiger partial charge in [-0.1, -0.05) is 94.3 Å². The van der Waals surface area contributed by atoms with Gasteiger partial charge in [-0.3, -0.25) is 4.79 Å². The summed E-state index contributed by atoms with van der Waals surface area (Å²) in [6.07, 6.45) is 2.62. The minimum Gasteiger partial charge on any atom is -0.267 e. The van der Waals surface area contributed by atoms with Gasteiger partial charge >= 0.3 is 0 Å². The summed E-state index contributed by atoms with van der Waals surface area (Å²) < 4.78 is 2.89. The molecule has 0 aliphatic carbocycles. The molecule has 1 aromatic heterocycles. The lowest BCUT2D eigenvalue weighted by Gasteiger charge is -2.22. The fraction of sp³-hybridized carbons (Fsp3) is 0.0938. The molecule has 0 unspecified atom stereocenters. The number of aromatic nitrogens is 2. The van der Waals surface area contributed by atoms with Crippen molar-refractivity contribution in [3.63, 3.8) is 0 Å². The van der Waals surface area contributed by atoms with Crippen molar-refractivity contribution in [2.24, 2.45) is 5.10 Å². The number of benzene rings is 4. The number of hydrogen-bond donors (Lipinski definition) is 0. The molecule has 1 amide bonds. The first-order valence-electron chi connectivity index (χ1n) is 12.5. The summed E-state index contributed by atoms with van der Waals surface area (Å²) in [5.74, 6) is -0.131. The second-order valence-electron chi connectivity index (χ2n) is 9.37. The van der Waals surface area contributed by atoms with Gasteiger partial charge in [0, 0.05) is 33.8 Å². The maximum atomic E-state index is 13.9. The van der Waals surface area contributed by atoms with Crippen LogP contribution < -0.4 is 0 Å². The van der Waals surface area contributed by atoms with Gasteiger partial charge < -0.3 is 0 Å². The first kappa shape index (κ1) is 24.1. The molecule has 0 spiro atoms. The van der Waals surface area contributed by atoms with Crippen LogP contribution in [0.25, 0.3) is 16.9 Å². The Hall–Kier alpha value is -4.29. The van der Waals surface area contributed by atoms with E-state index in [1.165, 1.54) is 0 Å². The van der Waals surface area contributed by atoms with Gasteiger partial charge in [0.2, 0.25) is 0 Å². The summed E-state index contributed by atoms with van der Waals surface area (Å²) in [6.45, 7) is 2.01. The first-order chi connectivity index (χ1) is 18.6. The molecule has 4 aromatic carbocycles. The quantitative estimate of drug-likeness (QED) is 0.222. The minimum atomic E-state index is -0.310. The van der Waals surface area contributed by atoms with E-state index in [-0.39, 0.29) is 11.9 Å². The lowest BCUT2D eigenvalue weighted by molar-refractivity contribution is 0.0711. The van der Waals surface area contributed by atoms with Gasteiger partial charge in [-0.15, -0.1) is 0 Å². The standard InChI is InChI=1S/C32H25BrN4O/c1-22-12-14-25(15-13-22)32(38)37-30(20-29(34-37)23-16-18-26(33)19-17-23)28-21-36(27-10-6-3-7-11-27)35-31(28)24-8-4-2-5-9-24/h2-19,21,30H,20H2,1H3/t30-/m0/s1. The molecule has 0 saturated heterocycles. The summed E-state index contributed by atoms with van der Waals surface area (Å²) in [7, 11) is 0. The van der Waals surface area contributed by atoms with Crippen LogP contribution in [-0.2, 0) is 0 Å². The predicted molar refractivity (Wildman–Crippen MR) is 154 cm³/mol. The van der Waals surface area contributed by atoms with Gasteiger partial charge in [0.05, 0.1) is 23.1 Å². The van der Waals surface area contributed by atoms with E-state index in [0.717, 1.165) is 43.8 Å². The van der Waals surface area contributed by atoms with Gasteiger partial charge in [0.25, 0.3) is 5.91 Å². The number of nitrogens with zero attached hydrogens (tertiary/aromatic N) is 4. The Morgan fingerprint density at radius 3 is 2.16 bits per heavy atom. The van der Waals surface area contributed by atoms with E-state index in [4.69, 9.17) is 10.2 Å². The smallest absolute Gasteiger partial charge is 0.267 e. The highest BCUT2D eigenvalue weighted by atomic mass is 79.9. The molecule has 0 fully saturated rings. The van der Waals surface area contributed by atoms with Crippen LogP contribution in [0, 0.1) is 6.92 Å². The molecule has 0 N–H and O–H groups in total. The Morgan fingerprint density at radius 2 is 1.47 bits per heavy atom. The topological polar surface area (TPSA) is 50.5 Å². The van der Waals surface area contributed by atoms with Crippen molar-refractivity contribution in [2.45, 2.75) is 19.4 Å². The van der Waals surface area contributed by atoms with Gasteiger partial charge in [-0.2, -0.15) is 10.2 Å². The maximum absolute atomic E-state index is 13.9. The van der Waals surface area contributed by atoms with Crippen LogP contribution >= 0.6 is 15.9 Å². The van der Waals surface area contributed by atoms with Crippen LogP contribution in [0.4, 0.5) is 0 Å². The molecule has 0 bridgehead atoms. The minimum absolute atomic E-state index is 0.131. The molecule has 5 nitrogen and oxygen atoms in total. The Morgan fingerprint density at radius 1 is 0.816 bits per heavy atom. The third-order valence-corrected chi connectivity index (χ3v) is 7.29. The van der Waals surface area contributed by atoms with E-state index < -0.39 is 0 Å². The largest absolute Gasteiger partial charge is 0.274 e. The summed E-state index contributed by atoms with van der Waals surface area (Å²) >= 11 is 3.52. The van der Waals surface area contributed by atoms with Gasteiger partial charge in [0.1, 0.15) is 0 Å². The van der Waals surface area contributed by atoms with E-state index >= 15 is 0 Å². The Balaban J connectivity index is 1.48. The molecule has 186 valence electrons. The van der Waals surface area contributed by atoms with Crippen molar-refractivity contribution in [1.29, 1.82) is 0 Å². The maximum Gasteiger partial charge on any atom is 0.274 e. The summed E-state index contributed by atoms with van der Waals surface area (Å²) in [4.78, 5) is 13.9. The second-order valence-corrected chi connectivity index (χ2v) is 10.3. The molecule has 38 heavy (non-hydrogen) atoms. The van der Waals surface area contributed by atoms with Crippen molar-refractivity contribution in [2.75, 3.05) is 0 Å². The Bertz CT molecular complexity index is 1610. The zero-order valence-electron chi connectivity index (χ0n) is 20.8. The highest BCUT2D eigenvalue weighted by Gasteiger charge is 2.36. The zero-order chi connectivity index (χ0) is 26.1. The molecule has 2 heterocycles. The van der Waals surface area contributed by atoms with Crippen molar-refractivity contribution in [3.05, 3.63) is 142 Å². The molecule has 1 aliphatic heterocycles. The highest BCUT2D eigenvalue weighted by Crippen LogP contribution is 2.39. The van der Waals surface area contributed by atoms with E-state index in [1.807, 2.05) is 115 Å². The SMILES string of the molecule is Cc1ccc(C(=O)N2N=C(c3ccc(Br)cc3)C[C@H]2c2cn(-c3ccccc3)nc2-c2ccccc2)cc1. The zero-order valence-corrected chi connectivity index (χ0v) is 22.4. The van der Waals surface area contributed by atoms with Crippen LogP contribution in [0.1, 0.15) is 39.5 Å². The molecule has 6 rings (SSSR count). The van der Waals surface area contributed by atoms with Crippen LogP contribution in [0.5, 0.6) is 0 Å². The number of halogens is 1. The third kappa shape index (κ3) is 4.71. The van der Waals surface area contributed by atoms with Crippen LogP contribution in [0.2, 0.25) is 0 Å². The second kappa shape index (κ2) is 10.2. The van der Waals surface area contributed by atoms with Crippen molar-refractivity contribution in [3.8, 4) is 16.9 Å². The van der Waals surface area contributed by atoms with Gasteiger partial charge in [-0.25, -0.2) is 9.69 Å². The molecule has 0 saturated carbocycles. The Kier molecular flexibility index (Phi) is 6.48. The number of amides is 1. The molecule has 1 atom stereocenters. The number of hydrazone groups is 1. The number of hydrogen-bond acceptors (Lipinski definition) is 3. The van der Waals surface area contributed by atoms with Gasteiger partial charge in [0.15, 0.2) is 0 Å². The number of rotatable bonds is 5. The van der Waals surface area contributed by atoms with Crippen molar-refractivity contribution in [1.82, 2.24) is 14.8 Å². The lowest BCUT2D eigenvalue weighted by Crippen LogP contribution is -2.27. The molecular weight excluding hydrogens is 536 g/mol. The number of carbonyl (C=O) groups excluding carboxylic acids is 1. The summed E-state index contributed by atoms with van der Waals surface area (Å²) in [5.41, 5.74) is 7.33. The first-order valence-corrected chi connectivity index (χ1v) is 13.3. The van der Waals surface area contributed by atoms with Crippen molar-refractivity contribution >= 4 is 27.5 Å². The third-order valence-electron chi connectivity index (χ3n) is 6.76. The molecular formula is C32H25BrN4O. The van der Waals surface area contributed by atoms with Crippen LogP contribution in [0.3, 0.4) is 0 Å². The molecule has 5 aromatic rings. The number of para-hydroxylation sites is 1. The molecule has 1 aliphatic rings. The predicted octanol–water partition coefficient (Wildman–Crippen LogP) is 7.60. The van der Waals surface area contributed by atoms with Crippen LogP contribution in [0.15, 0.2) is 125 Å². The van der Waals surface area contributed by atoms with Crippen molar-refractivity contribution < 1.29 is 4.79 Å². The molecule has 0 radical (unpaired) electrons. The monoisotopic (exact) mass is 560 g/mol. The average molecular weight is 561 g/mol. The fourth-order valence-corrected chi connectivity index (χ4v) is 5.01. The summed E-state index contributed by atoms with van der Waals surface area (Å²) in [5, 5.41) is 11.6. The number of aryl methyl sites for hydroxylation is 1. The van der Waals surface area contributed by atoms with E-state index in [0.29, 0.717) is 12.0 Å². The lowest BCUT2D eigenvalue weighted by atomic mass is 9.96. The fourth-order valence-electron chi connectivity index (χ4n) is 4.75. The Labute approximate surface area is 230 Å². The van der Waals surface area contributed by atoms with Crippen LogP contribution in [-0.4, -0.2) is 26.4 Å². The van der Waals surface area contributed by atoms with E-state index in [9.17, 15) is 4.79 Å².